The number of hydrogen-bond donors (Lipinski definition) is 2. The van der Waals surface area contributed by atoms with Gasteiger partial charge in [0, 0.05) is 6.07 Å². The summed E-state index contributed by atoms with van der Waals surface area (Å²) in [5, 5.41) is 11.6. The molecule has 0 bridgehead atoms. The first-order valence-corrected chi connectivity index (χ1v) is 3.22. The van der Waals surface area contributed by atoms with Crippen LogP contribution >= 0.6 is 0 Å². The number of alkyl halides is 3. The highest BCUT2D eigenvalue weighted by Gasteiger charge is 2.31. The molecule has 1 aromatic carbocycles. The summed E-state index contributed by atoms with van der Waals surface area (Å²) in [6.45, 7) is 0. The maximum absolute atomic E-state index is 12.1. The normalized spacial score (nSPS) is 11.3. The van der Waals surface area contributed by atoms with E-state index in [0.29, 0.717) is 12.1 Å². The number of nitrogens with one attached hydrogen (secondary N) is 1. The zero-order valence-electron chi connectivity index (χ0n) is 6.26. The fraction of sp³-hybridized carbons (Fsp3) is 0.143. The van der Waals surface area contributed by atoms with Crippen molar-refractivity contribution in [3.05, 3.63) is 23.8 Å². The summed E-state index contributed by atoms with van der Waals surface area (Å²) >= 11 is 0. The quantitative estimate of drug-likeness (QED) is 0.657. The molecule has 0 unspecified atom stereocenters. The first kappa shape index (κ1) is 9.50. The summed E-state index contributed by atoms with van der Waals surface area (Å²) in [6.07, 6.45) is -4.53. The second kappa shape index (κ2) is 3.04. The van der Waals surface area contributed by atoms with Crippen LogP contribution in [0.4, 0.5) is 18.9 Å². The van der Waals surface area contributed by atoms with Crippen LogP contribution in [0.2, 0.25) is 0 Å². The molecule has 0 fully saturated rings. The molecule has 0 aliphatic heterocycles. The second-order valence-electron chi connectivity index (χ2n) is 2.35. The van der Waals surface area contributed by atoms with Crippen molar-refractivity contribution in [2.75, 3.05) is 0 Å². The number of aromatic hydroxyl groups is 1. The molecule has 2 N–H and O–H groups in total. The molecule has 6 heteroatoms. The lowest BCUT2D eigenvalue weighted by atomic mass is 10.2. The van der Waals surface area contributed by atoms with Crippen molar-refractivity contribution in [2.24, 2.45) is 5.11 Å². The molecule has 0 heterocycles. The monoisotopic (exact) mass is 190 g/mol. The van der Waals surface area contributed by atoms with E-state index in [4.69, 9.17) is 10.6 Å². The average molecular weight is 190 g/mol. The molecular formula is C7H5F3N2O. The molecule has 0 aromatic heterocycles. The zero-order chi connectivity index (χ0) is 10.1. The van der Waals surface area contributed by atoms with E-state index in [2.05, 4.69) is 5.11 Å². The summed E-state index contributed by atoms with van der Waals surface area (Å²) < 4.78 is 36.2. The molecule has 0 saturated carbocycles. The van der Waals surface area contributed by atoms with E-state index in [-0.39, 0.29) is 5.69 Å². The third-order valence-corrected chi connectivity index (χ3v) is 1.36. The minimum absolute atomic E-state index is 0.229. The first-order chi connectivity index (χ1) is 5.93. The first-order valence-electron chi connectivity index (χ1n) is 3.22. The Morgan fingerprint density at radius 1 is 1.23 bits per heavy atom. The maximum atomic E-state index is 12.1. The van der Waals surface area contributed by atoms with Gasteiger partial charge in [0.1, 0.15) is 5.75 Å². The van der Waals surface area contributed by atoms with Crippen molar-refractivity contribution in [3.63, 3.8) is 0 Å². The van der Waals surface area contributed by atoms with E-state index in [0.717, 1.165) is 6.07 Å². The summed E-state index contributed by atoms with van der Waals surface area (Å²) in [6, 6.07) is 2.24. The highest BCUT2D eigenvalue weighted by Crippen LogP contribution is 2.34. The SMILES string of the molecule is N=Nc1cc(O)cc(C(F)(F)F)c1. The van der Waals surface area contributed by atoms with Crippen molar-refractivity contribution in [1.82, 2.24) is 0 Å². The highest BCUT2D eigenvalue weighted by atomic mass is 19.4. The van der Waals surface area contributed by atoms with E-state index in [1.54, 1.807) is 0 Å². The predicted octanol–water partition coefficient (Wildman–Crippen LogP) is 3.07. The van der Waals surface area contributed by atoms with Crippen LogP contribution in [0.5, 0.6) is 5.75 Å². The van der Waals surface area contributed by atoms with Gasteiger partial charge in [-0.3, -0.25) is 0 Å². The van der Waals surface area contributed by atoms with Crippen LogP contribution in [0, 0.1) is 5.53 Å². The van der Waals surface area contributed by atoms with Gasteiger partial charge in [-0.25, -0.2) is 5.53 Å². The smallest absolute Gasteiger partial charge is 0.416 e. The Kier molecular flexibility index (Phi) is 2.22. The van der Waals surface area contributed by atoms with E-state index < -0.39 is 17.5 Å². The molecule has 0 spiro atoms. The Balaban J connectivity index is 3.24. The van der Waals surface area contributed by atoms with Crippen LogP contribution < -0.4 is 0 Å². The minimum Gasteiger partial charge on any atom is -0.508 e. The average Bonchev–Trinajstić information content (AvgIpc) is 2.01. The summed E-state index contributed by atoms with van der Waals surface area (Å²) in [5.41, 5.74) is 5.24. The number of nitrogens with zero attached hydrogens (tertiary/aromatic N) is 1. The summed E-state index contributed by atoms with van der Waals surface area (Å²) in [5.74, 6) is -0.555. The minimum atomic E-state index is -4.53. The largest absolute Gasteiger partial charge is 0.508 e. The third kappa shape index (κ3) is 2.17. The van der Waals surface area contributed by atoms with Crippen LogP contribution in [0.1, 0.15) is 5.56 Å². The van der Waals surface area contributed by atoms with Gasteiger partial charge in [-0.1, -0.05) is 0 Å². The van der Waals surface area contributed by atoms with E-state index in [9.17, 15) is 13.2 Å². The molecule has 3 nitrogen and oxygen atoms in total. The van der Waals surface area contributed by atoms with Crippen LogP contribution in [0.15, 0.2) is 23.3 Å². The predicted molar refractivity (Wildman–Crippen MR) is 37.9 cm³/mol. The van der Waals surface area contributed by atoms with Gasteiger partial charge in [0.2, 0.25) is 0 Å². The standard InChI is InChI=1S/C7H5F3N2O/c8-7(9,10)4-1-5(12-11)3-6(13)2-4/h1-3,11,13H. The Morgan fingerprint density at radius 3 is 2.31 bits per heavy atom. The molecule has 70 valence electrons. The molecule has 0 aliphatic carbocycles. The van der Waals surface area contributed by atoms with Crippen molar-refractivity contribution in [3.8, 4) is 5.75 Å². The fourth-order valence-electron chi connectivity index (χ4n) is 0.823. The topological polar surface area (TPSA) is 56.4 Å². The van der Waals surface area contributed by atoms with Gasteiger partial charge >= 0.3 is 6.18 Å². The van der Waals surface area contributed by atoms with Gasteiger partial charge in [-0.15, -0.1) is 0 Å². The van der Waals surface area contributed by atoms with Gasteiger partial charge in [0.05, 0.1) is 11.3 Å². The van der Waals surface area contributed by atoms with Gasteiger partial charge in [0.15, 0.2) is 0 Å². The summed E-state index contributed by atoms with van der Waals surface area (Å²) in [4.78, 5) is 0. The molecule has 0 amide bonds. The molecule has 0 saturated heterocycles. The van der Waals surface area contributed by atoms with E-state index in [1.807, 2.05) is 0 Å². The second-order valence-corrected chi connectivity index (χ2v) is 2.35. The lowest BCUT2D eigenvalue weighted by Gasteiger charge is -2.06. The van der Waals surface area contributed by atoms with Crippen LogP contribution in [-0.2, 0) is 6.18 Å². The number of hydrogen-bond acceptors (Lipinski definition) is 3. The molecule has 13 heavy (non-hydrogen) atoms. The number of phenolic OH excluding ortho intramolecular Hbond substituents is 1. The van der Waals surface area contributed by atoms with E-state index >= 15 is 0 Å². The highest BCUT2D eigenvalue weighted by molar-refractivity contribution is 5.46. The van der Waals surface area contributed by atoms with Crippen molar-refractivity contribution in [2.45, 2.75) is 6.18 Å². The molecule has 0 atom stereocenters. The Hall–Kier alpha value is -1.59. The Morgan fingerprint density at radius 2 is 1.85 bits per heavy atom. The van der Waals surface area contributed by atoms with Crippen molar-refractivity contribution in [1.29, 1.82) is 5.53 Å². The van der Waals surface area contributed by atoms with Crippen molar-refractivity contribution >= 4 is 5.69 Å². The summed E-state index contributed by atoms with van der Waals surface area (Å²) in [7, 11) is 0. The molecular weight excluding hydrogens is 185 g/mol. The molecule has 1 aromatic rings. The molecule has 1 rings (SSSR count). The van der Waals surface area contributed by atoms with Crippen LogP contribution in [-0.4, -0.2) is 5.11 Å². The molecule has 0 radical (unpaired) electrons. The molecule has 0 aliphatic rings. The maximum Gasteiger partial charge on any atom is 0.416 e. The van der Waals surface area contributed by atoms with Crippen LogP contribution in [0.25, 0.3) is 0 Å². The number of rotatable bonds is 1. The lowest BCUT2D eigenvalue weighted by Crippen LogP contribution is -2.03. The number of halogens is 3. The van der Waals surface area contributed by atoms with Gasteiger partial charge in [0.25, 0.3) is 0 Å². The lowest BCUT2D eigenvalue weighted by molar-refractivity contribution is -0.137. The third-order valence-electron chi connectivity index (χ3n) is 1.36. The number of phenols is 1. The fourth-order valence-corrected chi connectivity index (χ4v) is 0.823. The van der Waals surface area contributed by atoms with Gasteiger partial charge in [-0.05, 0) is 12.1 Å². The van der Waals surface area contributed by atoms with E-state index in [1.165, 1.54) is 0 Å². The van der Waals surface area contributed by atoms with Crippen LogP contribution in [0.3, 0.4) is 0 Å². The number of benzene rings is 1. The van der Waals surface area contributed by atoms with Crippen molar-refractivity contribution < 1.29 is 18.3 Å². The van der Waals surface area contributed by atoms with Gasteiger partial charge < -0.3 is 5.11 Å². The van der Waals surface area contributed by atoms with Gasteiger partial charge in [-0.2, -0.15) is 18.3 Å². The Bertz CT molecular complexity index is 335. The Labute approximate surface area is 71.3 Å². The zero-order valence-corrected chi connectivity index (χ0v) is 6.26.